The van der Waals surface area contributed by atoms with Crippen LogP contribution in [0.25, 0.3) is 10.9 Å². The van der Waals surface area contributed by atoms with Crippen molar-refractivity contribution in [1.29, 1.82) is 0 Å². The summed E-state index contributed by atoms with van der Waals surface area (Å²) in [5.41, 5.74) is 5.71. The first-order chi connectivity index (χ1) is 12.4. The fourth-order valence-electron chi connectivity index (χ4n) is 2.31. The molecule has 134 valence electrons. The molecule has 8 nitrogen and oxygen atoms in total. The fourth-order valence-corrected chi connectivity index (χ4v) is 2.96. The van der Waals surface area contributed by atoms with Crippen molar-refractivity contribution in [3.8, 4) is 0 Å². The minimum atomic E-state index is -2.66. The molecule has 3 aromatic rings. The van der Waals surface area contributed by atoms with E-state index in [1.165, 1.54) is 12.4 Å². The minimum Gasteiger partial charge on any atom is -0.755 e. The van der Waals surface area contributed by atoms with Crippen LogP contribution in [-0.2, 0) is 11.3 Å². The number of halogens is 2. The summed E-state index contributed by atoms with van der Waals surface area (Å²) in [6, 6.07) is 6.80. The van der Waals surface area contributed by atoms with E-state index in [-0.39, 0.29) is 33.3 Å². The van der Waals surface area contributed by atoms with E-state index in [0.29, 0.717) is 5.39 Å². The van der Waals surface area contributed by atoms with Gasteiger partial charge in [0, 0.05) is 16.7 Å². The highest BCUT2D eigenvalue weighted by atomic mass is 35.5. The molecular weight excluding hydrogens is 385 g/mol. The van der Waals surface area contributed by atoms with Gasteiger partial charge < -0.3 is 20.3 Å². The third kappa shape index (κ3) is 3.43. The number of nitrogens with one attached hydrogen (secondary N) is 2. The van der Waals surface area contributed by atoms with Gasteiger partial charge in [0.05, 0.1) is 27.5 Å². The van der Waals surface area contributed by atoms with E-state index in [2.05, 4.69) is 15.3 Å². The molecule has 0 aliphatic carbocycles. The Hall–Kier alpha value is -2.82. The van der Waals surface area contributed by atoms with E-state index in [0.717, 1.165) is 12.1 Å². The maximum atomic E-state index is 14.1. The zero-order chi connectivity index (χ0) is 18.8. The number of amides is 1. The monoisotopic (exact) mass is 394 g/mol. The molecule has 0 fully saturated rings. The van der Waals surface area contributed by atoms with Crippen LogP contribution in [0.15, 0.2) is 36.7 Å². The first-order valence-corrected chi connectivity index (χ1v) is 8.48. The predicted molar refractivity (Wildman–Crippen MR) is 95.9 cm³/mol. The van der Waals surface area contributed by atoms with Crippen LogP contribution in [0.5, 0.6) is 0 Å². The molecule has 0 bridgehead atoms. The molecule has 0 radical (unpaired) electrons. The van der Waals surface area contributed by atoms with Gasteiger partial charge in [0.25, 0.3) is 5.91 Å². The highest BCUT2D eigenvalue weighted by Gasteiger charge is 2.18. The van der Waals surface area contributed by atoms with Crippen molar-refractivity contribution in [3.63, 3.8) is 0 Å². The maximum absolute atomic E-state index is 14.1. The summed E-state index contributed by atoms with van der Waals surface area (Å²) in [5.74, 6) is -1.34. The zero-order valence-corrected chi connectivity index (χ0v) is 14.4. The fraction of sp³-hybridized carbons (Fsp3) is 0. The molecule has 1 aromatic heterocycles. The summed E-state index contributed by atoms with van der Waals surface area (Å²) < 4.78 is 37.6. The van der Waals surface area contributed by atoms with Crippen LogP contribution in [0.2, 0.25) is 5.02 Å². The maximum Gasteiger partial charge on any atom is 0.257 e. The number of carbonyl (C=O) groups is 1. The lowest BCUT2D eigenvalue weighted by Crippen LogP contribution is -2.15. The summed E-state index contributed by atoms with van der Waals surface area (Å²) >= 11 is 3.33. The van der Waals surface area contributed by atoms with Crippen LogP contribution in [0.3, 0.4) is 0 Å². The third-order valence-electron chi connectivity index (χ3n) is 3.46. The van der Waals surface area contributed by atoms with Gasteiger partial charge in [-0.25, -0.2) is 14.4 Å². The van der Waals surface area contributed by atoms with Crippen LogP contribution >= 0.6 is 11.6 Å². The molecule has 0 aliphatic rings. The van der Waals surface area contributed by atoms with Crippen LogP contribution in [0.4, 0.5) is 21.6 Å². The van der Waals surface area contributed by atoms with E-state index >= 15 is 0 Å². The molecule has 26 heavy (non-hydrogen) atoms. The molecular formula is C15H10ClFN5O3S-. The second-order valence-corrected chi connectivity index (χ2v) is 6.09. The van der Waals surface area contributed by atoms with Crippen molar-refractivity contribution < 1.29 is 17.9 Å². The van der Waals surface area contributed by atoms with Gasteiger partial charge in [-0.1, -0.05) is 17.7 Å². The van der Waals surface area contributed by atoms with Gasteiger partial charge in [0.2, 0.25) is 0 Å². The SMILES string of the molecule is Nc1ncnc2c(C(=O)Nc3c(F)ccc(NS(=O)[O-])c3Cl)cccc12. The highest BCUT2D eigenvalue weighted by molar-refractivity contribution is 7.80. The molecule has 0 spiro atoms. The summed E-state index contributed by atoms with van der Waals surface area (Å²) in [4.78, 5) is 20.5. The number of nitrogens with two attached hydrogens (primary N) is 1. The van der Waals surface area contributed by atoms with Crippen molar-refractivity contribution >= 4 is 56.9 Å². The molecule has 0 saturated carbocycles. The van der Waals surface area contributed by atoms with Crippen molar-refractivity contribution in [2.45, 2.75) is 0 Å². The Balaban J connectivity index is 2.02. The number of rotatable bonds is 4. The number of hydrogen-bond donors (Lipinski definition) is 3. The number of nitrogen functional groups attached to an aromatic ring is 1. The first kappa shape index (κ1) is 18.0. The Morgan fingerprint density at radius 2 is 2.04 bits per heavy atom. The van der Waals surface area contributed by atoms with Crippen LogP contribution in [-0.4, -0.2) is 24.6 Å². The van der Waals surface area contributed by atoms with E-state index in [9.17, 15) is 17.9 Å². The minimum absolute atomic E-state index is 0.0822. The zero-order valence-electron chi connectivity index (χ0n) is 12.8. The standard InChI is InChI=1S/C15H11ClFN5O3S/c16-11-10(22-26(24)25)5-4-9(17)13(11)21-15(23)8-3-1-2-7-12(8)19-6-20-14(7)18/h1-6,22H,(H,21,23)(H,24,25)(H2,18,19,20)/p-1. The molecule has 2 aromatic carbocycles. The Labute approximate surface area is 154 Å². The average molecular weight is 395 g/mol. The Bertz CT molecular complexity index is 1050. The number of benzene rings is 2. The quantitative estimate of drug-likeness (QED) is 0.582. The van der Waals surface area contributed by atoms with Crippen LogP contribution < -0.4 is 15.8 Å². The van der Waals surface area contributed by atoms with Gasteiger partial charge in [-0.2, -0.15) is 0 Å². The van der Waals surface area contributed by atoms with Gasteiger partial charge in [0.15, 0.2) is 0 Å². The first-order valence-electron chi connectivity index (χ1n) is 7.03. The molecule has 1 amide bonds. The molecule has 11 heteroatoms. The molecule has 3 rings (SSSR count). The molecule has 0 aliphatic heterocycles. The number of para-hydroxylation sites is 1. The molecule has 1 unspecified atom stereocenters. The largest absolute Gasteiger partial charge is 0.755 e. The summed E-state index contributed by atoms with van der Waals surface area (Å²) in [6.07, 6.45) is 1.20. The van der Waals surface area contributed by atoms with Gasteiger partial charge in [-0.05, 0) is 24.3 Å². The average Bonchev–Trinajstić information content (AvgIpc) is 2.60. The Kier molecular flexibility index (Phi) is 4.98. The molecule has 0 saturated heterocycles. The third-order valence-corrected chi connectivity index (χ3v) is 4.24. The summed E-state index contributed by atoms with van der Waals surface area (Å²) in [7, 11) is 0. The van der Waals surface area contributed by atoms with E-state index < -0.39 is 23.0 Å². The lowest BCUT2D eigenvalue weighted by molar-refractivity contribution is 0.102. The molecule has 1 atom stereocenters. The topological polar surface area (TPSA) is 133 Å². The van der Waals surface area contributed by atoms with Crippen LogP contribution in [0, 0.1) is 5.82 Å². The second-order valence-electron chi connectivity index (χ2n) is 5.04. The van der Waals surface area contributed by atoms with Gasteiger partial charge in [0.1, 0.15) is 18.0 Å². The van der Waals surface area contributed by atoms with Crippen molar-refractivity contribution in [2.75, 3.05) is 15.8 Å². The number of anilines is 3. The van der Waals surface area contributed by atoms with Crippen molar-refractivity contribution in [3.05, 3.63) is 53.1 Å². The lowest BCUT2D eigenvalue weighted by Gasteiger charge is -2.15. The van der Waals surface area contributed by atoms with Gasteiger partial charge in [-0.3, -0.25) is 9.00 Å². The van der Waals surface area contributed by atoms with E-state index in [1.54, 1.807) is 12.1 Å². The number of fused-ring (bicyclic) bond motifs is 1. The highest BCUT2D eigenvalue weighted by Crippen LogP contribution is 2.33. The van der Waals surface area contributed by atoms with E-state index in [4.69, 9.17) is 17.3 Å². The molecule has 4 N–H and O–H groups in total. The molecule has 1 heterocycles. The van der Waals surface area contributed by atoms with Crippen molar-refractivity contribution in [1.82, 2.24) is 9.97 Å². The number of nitrogens with zero attached hydrogens (tertiary/aromatic N) is 2. The number of hydrogen-bond acceptors (Lipinski definition) is 6. The van der Waals surface area contributed by atoms with Gasteiger partial charge in [-0.15, -0.1) is 0 Å². The lowest BCUT2D eigenvalue weighted by atomic mass is 10.1. The summed E-state index contributed by atoms with van der Waals surface area (Å²) in [6.45, 7) is 0. The number of aromatic nitrogens is 2. The number of carbonyl (C=O) groups excluding carboxylic acids is 1. The second kappa shape index (κ2) is 7.20. The Morgan fingerprint density at radius 3 is 2.77 bits per heavy atom. The summed E-state index contributed by atoms with van der Waals surface area (Å²) in [5, 5.41) is 2.50. The van der Waals surface area contributed by atoms with Crippen molar-refractivity contribution in [2.24, 2.45) is 0 Å². The smallest absolute Gasteiger partial charge is 0.257 e. The Morgan fingerprint density at radius 1 is 1.27 bits per heavy atom. The van der Waals surface area contributed by atoms with Gasteiger partial charge >= 0.3 is 0 Å². The predicted octanol–water partition coefficient (Wildman–Crippen LogP) is 2.46. The van der Waals surface area contributed by atoms with Crippen LogP contribution in [0.1, 0.15) is 10.4 Å². The van der Waals surface area contributed by atoms with E-state index in [1.807, 2.05) is 4.72 Å². The normalized spacial score (nSPS) is 12.0.